The van der Waals surface area contributed by atoms with Gasteiger partial charge in [-0.2, -0.15) is 0 Å². The Labute approximate surface area is 184 Å². The fourth-order valence-corrected chi connectivity index (χ4v) is 4.24. The average molecular weight is 426 g/mol. The van der Waals surface area contributed by atoms with Gasteiger partial charge in [0.05, 0.1) is 11.6 Å². The molecule has 1 unspecified atom stereocenters. The van der Waals surface area contributed by atoms with Gasteiger partial charge in [0, 0.05) is 36.6 Å². The number of nitrogens with zero attached hydrogens (tertiary/aromatic N) is 3. The summed E-state index contributed by atoms with van der Waals surface area (Å²) in [5.41, 5.74) is 4.40. The Morgan fingerprint density at radius 3 is 2.44 bits per heavy atom. The van der Waals surface area contributed by atoms with Crippen LogP contribution < -0.4 is 15.8 Å². The Bertz CT molecular complexity index is 1370. The van der Waals surface area contributed by atoms with Crippen LogP contribution in [0.2, 0.25) is 0 Å². The molecule has 1 atom stereocenters. The number of carboxylic acid groups (broad SMARTS) is 1. The van der Waals surface area contributed by atoms with Crippen LogP contribution in [0.15, 0.2) is 77.7 Å². The summed E-state index contributed by atoms with van der Waals surface area (Å²) >= 11 is 0. The highest BCUT2D eigenvalue weighted by Gasteiger charge is 2.22. The van der Waals surface area contributed by atoms with Crippen molar-refractivity contribution >= 4 is 23.1 Å². The van der Waals surface area contributed by atoms with E-state index in [1.54, 1.807) is 42.6 Å². The number of anilines is 2. The van der Waals surface area contributed by atoms with E-state index < -0.39 is 5.97 Å². The summed E-state index contributed by atoms with van der Waals surface area (Å²) in [6.07, 6.45) is 1.70. The maximum atomic E-state index is 12.9. The molecule has 4 aromatic rings. The van der Waals surface area contributed by atoms with E-state index in [1.807, 2.05) is 25.1 Å². The molecular weight excluding hydrogens is 404 g/mol. The molecular formula is C25H22N4O3. The number of nitrogens with one attached hydrogen (secondary N) is 1. The van der Waals surface area contributed by atoms with Gasteiger partial charge < -0.3 is 15.3 Å². The van der Waals surface area contributed by atoms with E-state index in [0.717, 1.165) is 5.56 Å². The van der Waals surface area contributed by atoms with Crippen LogP contribution in [0.5, 0.6) is 0 Å². The smallest absolute Gasteiger partial charge is 0.337 e. The van der Waals surface area contributed by atoms with E-state index in [9.17, 15) is 14.7 Å². The predicted molar refractivity (Wildman–Crippen MR) is 123 cm³/mol. The standard InChI is InChI=1S/C25H22N4O3/c1-16(26-21-11-5-4-9-20(21)25(31)32)19-10-6-12-29-23(30)13-22(27-24(19)29)28-14-17-7-2-3-8-18(17)15-28/h2-13,16,26H,14-15H2,1H3,(H,31,32). The van der Waals surface area contributed by atoms with Crippen molar-refractivity contribution in [2.24, 2.45) is 0 Å². The first-order chi connectivity index (χ1) is 15.5. The Balaban J connectivity index is 1.53. The van der Waals surface area contributed by atoms with Gasteiger partial charge in [-0.3, -0.25) is 9.20 Å². The van der Waals surface area contributed by atoms with Crippen LogP contribution in [0.25, 0.3) is 5.65 Å². The third-order valence-corrected chi connectivity index (χ3v) is 5.87. The van der Waals surface area contributed by atoms with Crippen molar-refractivity contribution in [2.45, 2.75) is 26.1 Å². The van der Waals surface area contributed by atoms with E-state index in [4.69, 9.17) is 4.98 Å². The van der Waals surface area contributed by atoms with E-state index in [-0.39, 0.29) is 17.2 Å². The molecule has 7 heteroatoms. The first-order valence-electron chi connectivity index (χ1n) is 10.4. The van der Waals surface area contributed by atoms with Crippen molar-refractivity contribution < 1.29 is 9.90 Å². The molecule has 2 aromatic carbocycles. The van der Waals surface area contributed by atoms with Gasteiger partial charge in [0.15, 0.2) is 0 Å². The third kappa shape index (κ3) is 3.47. The van der Waals surface area contributed by atoms with E-state index >= 15 is 0 Å². The van der Waals surface area contributed by atoms with Crippen molar-refractivity contribution in [3.8, 4) is 0 Å². The zero-order valence-electron chi connectivity index (χ0n) is 17.5. The number of carbonyl (C=O) groups is 1. The molecule has 160 valence electrons. The van der Waals surface area contributed by atoms with Crippen LogP contribution in [0.1, 0.15) is 40.0 Å². The molecule has 1 aliphatic heterocycles. The molecule has 0 saturated heterocycles. The highest BCUT2D eigenvalue weighted by Crippen LogP contribution is 2.28. The highest BCUT2D eigenvalue weighted by molar-refractivity contribution is 5.94. The van der Waals surface area contributed by atoms with Gasteiger partial charge in [-0.05, 0) is 36.2 Å². The van der Waals surface area contributed by atoms with Crippen molar-refractivity contribution in [2.75, 3.05) is 10.2 Å². The molecule has 3 heterocycles. The topological polar surface area (TPSA) is 86.9 Å². The molecule has 0 radical (unpaired) electrons. The summed E-state index contributed by atoms with van der Waals surface area (Å²) < 4.78 is 1.53. The number of aromatic carboxylic acids is 1. The van der Waals surface area contributed by atoms with Crippen molar-refractivity contribution in [3.63, 3.8) is 0 Å². The molecule has 32 heavy (non-hydrogen) atoms. The van der Waals surface area contributed by atoms with Crippen LogP contribution in [0.3, 0.4) is 0 Å². The lowest BCUT2D eigenvalue weighted by molar-refractivity contribution is 0.0698. The van der Waals surface area contributed by atoms with Gasteiger partial charge in [-0.1, -0.05) is 42.5 Å². The first kappa shape index (κ1) is 19.8. The lowest BCUT2D eigenvalue weighted by Gasteiger charge is -2.21. The van der Waals surface area contributed by atoms with Gasteiger partial charge in [0.2, 0.25) is 0 Å². The number of fused-ring (bicyclic) bond motifs is 2. The molecule has 5 rings (SSSR count). The quantitative estimate of drug-likeness (QED) is 0.500. The van der Waals surface area contributed by atoms with Gasteiger partial charge in [0.25, 0.3) is 5.56 Å². The Morgan fingerprint density at radius 1 is 1.03 bits per heavy atom. The van der Waals surface area contributed by atoms with E-state index in [2.05, 4.69) is 22.3 Å². The number of hydrogen-bond donors (Lipinski definition) is 2. The second kappa shape index (κ2) is 7.85. The molecule has 0 fully saturated rings. The maximum Gasteiger partial charge on any atom is 0.337 e. The second-order valence-electron chi connectivity index (χ2n) is 7.95. The number of benzene rings is 2. The molecule has 0 saturated carbocycles. The summed E-state index contributed by atoms with van der Waals surface area (Å²) in [4.78, 5) is 31.4. The highest BCUT2D eigenvalue weighted by atomic mass is 16.4. The molecule has 0 bridgehead atoms. The van der Waals surface area contributed by atoms with E-state index in [1.165, 1.54) is 15.5 Å². The first-order valence-corrected chi connectivity index (χ1v) is 10.4. The fourth-order valence-electron chi connectivity index (χ4n) is 4.24. The van der Waals surface area contributed by atoms with Crippen molar-refractivity contribution in [1.82, 2.24) is 9.38 Å². The maximum absolute atomic E-state index is 12.9. The van der Waals surface area contributed by atoms with Gasteiger partial charge in [-0.15, -0.1) is 0 Å². The molecule has 0 amide bonds. The minimum absolute atomic E-state index is 0.152. The molecule has 7 nitrogen and oxygen atoms in total. The van der Waals surface area contributed by atoms with Crippen molar-refractivity contribution in [3.05, 3.63) is 106 Å². The lowest BCUT2D eigenvalue weighted by atomic mass is 10.1. The summed E-state index contributed by atoms with van der Waals surface area (Å²) in [5.74, 6) is -0.361. The monoisotopic (exact) mass is 426 g/mol. The van der Waals surface area contributed by atoms with Gasteiger partial charge in [0.1, 0.15) is 11.5 Å². The lowest BCUT2D eigenvalue weighted by Crippen LogP contribution is -2.23. The number of carboxylic acids is 1. The average Bonchev–Trinajstić information content (AvgIpc) is 3.23. The Hall–Kier alpha value is -4.13. The van der Waals surface area contributed by atoms with Gasteiger partial charge >= 0.3 is 5.97 Å². The van der Waals surface area contributed by atoms with Crippen LogP contribution >= 0.6 is 0 Å². The van der Waals surface area contributed by atoms with Crippen LogP contribution in [-0.4, -0.2) is 20.5 Å². The molecule has 1 aliphatic rings. The number of hydrogen-bond acceptors (Lipinski definition) is 5. The van der Waals surface area contributed by atoms with E-state index in [0.29, 0.717) is 30.2 Å². The fraction of sp³-hybridized carbons (Fsp3) is 0.160. The largest absolute Gasteiger partial charge is 0.478 e. The molecule has 2 aromatic heterocycles. The SMILES string of the molecule is CC(Nc1ccccc1C(=O)O)c1cccn2c(=O)cc(N3Cc4ccccc4C3)nc12. The van der Waals surface area contributed by atoms with Crippen LogP contribution in [0.4, 0.5) is 11.5 Å². The Kier molecular flexibility index (Phi) is 4.86. The number of para-hydroxylation sites is 1. The molecule has 2 N–H and O–H groups in total. The zero-order valence-corrected chi connectivity index (χ0v) is 17.5. The normalized spacial score (nSPS) is 13.7. The molecule has 0 spiro atoms. The summed E-state index contributed by atoms with van der Waals surface area (Å²) in [7, 11) is 0. The Morgan fingerprint density at radius 2 is 1.72 bits per heavy atom. The number of pyridine rings is 1. The summed E-state index contributed by atoms with van der Waals surface area (Å²) in [5, 5.41) is 12.8. The van der Waals surface area contributed by atoms with Crippen molar-refractivity contribution in [1.29, 1.82) is 0 Å². The summed E-state index contributed by atoms with van der Waals surface area (Å²) in [6, 6.07) is 20.0. The van der Waals surface area contributed by atoms with Gasteiger partial charge in [-0.25, -0.2) is 9.78 Å². The number of rotatable bonds is 5. The molecule has 0 aliphatic carbocycles. The third-order valence-electron chi connectivity index (χ3n) is 5.87. The second-order valence-corrected chi connectivity index (χ2v) is 7.95. The van der Waals surface area contributed by atoms with Crippen LogP contribution in [0, 0.1) is 0 Å². The van der Waals surface area contributed by atoms with Crippen LogP contribution in [-0.2, 0) is 13.1 Å². The number of aromatic nitrogens is 2. The summed E-state index contributed by atoms with van der Waals surface area (Å²) in [6.45, 7) is 3.35. The minimum Gasteiger partial charge on any atom is -0.478 e. The predicted octanol–water partition coefficient (Wildman–Crippen LogP) is 4.09. The minimum atomic E-state index is -0.997. The zero-order chi connectivity index (χ0) is 22.2.